The fraction of sp³-hybridized carbons (Fsp3) is 0.333. The molecule has 118 valence electrons. The van der Waals surface area contributed by atoms with Crippen molar-refractivity contribution in [3.8, 4) is 5.75 Å². The van der Waals surface area contributed by atoms with Crippen LogP contribution in [0.4, 0.5) is 9.18 Å². The quantitative estimate of drug-likeness (QED) is 0.889. The molecular formula is C15H18FN3O2S. The maximum Gasteiger partial charge on any atom is 0.317 e. The molecule has 0 saturated heterocycles. The van der Waals surface area contributed by atoms with E-state index in [1.54, 1.807) is 43.3 Å². The van der Waals surface area contributed by atoms with E-state index in [4.69, 9.17) is 4.74 Å². The molecule has 0 spiro atoms. The first-order valence-electron chi connectivity index (χ1n) is 6.83. The van der Waals surface area contributed by atoms with Crippen LogP contribution in [0.25, 0.3) is 0 Å². The van der Waals surface area contributed by atoms with E-state index < -0.39 is 5.82 Å². The van der Waals surface area contributed by atoms with Gasteiger partial charge in [-0.3, -0.25) is 0 Å². The van der Waals surface area contributed by atoms with Crippen molar-refractivity contribution in [2.45, 2.75) is 19.5 Å². The van der Waals surface area contributed by atoms with E-state index in [9.17, 15) is 9.18 Å². The minimum absolute atomic E-state index is 0.180. The molecule has 0 saturated carbocycles. The molecular weight excluding hydrogens is 305 g/mol. The number of ether oxygens (including phenoxy) is 1. The predicted molar refractivity (Wildman–Crippen MR) is 83.5 cm³/mol. The number of amides is 2. The first-order valence-corrected chi connectivity index (χ1v) is 7.71. The van der Waals surface area contributed by atoms with Crippen LogP contribution in [0.15, 0.2) is 35.8 Å². The Morgan fingerprint density at radius 2 is 2.27 bits per heavy atom. The molecule has 1 heterocycles. The molecule has 0 aliphatic heterocycles. The lowest BCUT2D eigenvalue weighted by atomic mass is 10.3. The van der Waals surface area contributed by atoms with Gasteiger partial charge in [0.2, 0.25) is 0 Å². The molecule has 7 heteroatoms. The van der Waals surface area contributed by atoms with Crippen molar-refractivity contribution < 1.29 is 13.9 Å². The van der Waals surface area contributed by atoms with Crippen LogP contribution in [0.3, 0.4) is 0 Å². The molecule has 1 N–H and O–H groups in total. The molecule has 0 bridgehead atoms. The van der Waals surface area contributed by atoms with Gasteiger partial charge in [-0.1, -0.05) is 12.1 Å². The van der Waals surface area contributed by atoms with Crippen LogP contribution in [0.1, 0.15) is 11.9 Å². The minimum atomic E-state index is -0.415. The number of hydrogen-bond donors (Lipinski definition) is 1. The van der Waals surface area contributed by atoms with Crippen LogP contribution in [-0.4, -0.2) is 35.6 Å². The second-order valence-electron chi connectivity index (χ2n) is 4.87. The zero-order chi connectivity index (χ0) is 15.9. The van der Waals surface area contributed by atoms with Crippen LogP contribution in [0.5, 0.6) is 5.75 Å². The second kappa shape index (κ2) is 7.74. The number of urea groups is 1. The van der Waals surface area contributed by atoms with Gasteiger partial charge < -0.3 is 15.0 Å². The SMILES string of the molecule is CC(COc1ccccc1F)NC(=O)N(C)Cc1nccs1. The highest BCUT2D eigenvalue weighted by Crippen LogP contribution is 2.15. The Hall–Kier alpha value is -2.15. The predicted octanol–water partition coefficient (Wildman–Crippen LogP) is 2.89. The summed E-state index contributed by atoms with van der Waals surface area (Å²) in [6.45, 7) is 2.44. The summed E-state index contributed by atoms with van der Waals surface area (Å²) in [6.07, 6.45) is 1.70. The van der Waals surface area contributed by atoms with Gasteiger partial charge in [0, 0.05) is 18.6 Å². The Morgan fingerprint density at radius 3 is 2.95 bits per heavy atom. The van der Waals surface area contributed by atoms with E-state index in [0.29, 0.717) is 6.54 Å². The average molecular weight is 323 g/mol. The van der Waals surface area contributed by atoms with Crippen LogP contribution >= 0.6 is 11.3 Å². The van der Waals surface area contributed by atoms with Crippen molar-refractivity contribution in [3.63, 3.8) is 0 Å². The molecule has 5 nitrogen and oxygen atoms in total. The van der Waals surface area contributed by atoms with Crippen molar-refractivity contribution in [1.82, 2.24) is 15.2 Å². The summed E-state index contributed by atoms with van der Waals surface area (Å²) in [5.41, 5.74) is 0. The highest BCUT2D eigenvalue weighted by Gasteiger charge is 2.14. The van der Waals surface area contributed by atoms with E-state index in [1.165, 1.54) is 17.4 Å². The van der Waals surface area contributed by atoms with Crippen LogP contribution in [0, 0.1) is 5.82 Å². The van der Waals surface area contributed by atoms with E-state index >= 15 is 0 Å². The molecule has 2 rings (SSSR count). The lowest BCUT2D eigenvalue weighted by Crippen LogP contribution is -2.43. The molecule has 0 aliphatic rings. The topological polar surface area (TPSA) is 54.5 Å². The van der Waals surface area contributed by atoms with Gasteiger partial charge in [-0.2, -0.15) is 0 Å². The van der Waals surface area contributed by atoms with Gasteiger partial charge in [0.1, 0.15) is 11.6 Å². The van der Waals surface area contributed by atoms with Gasteiger partial charge in [0.05, 0.1) is 12.6 Å². The lowest BCUT2D eigenvalue weighted by Gasteiger charge is -2.20. The third-order valence-electron chi connectivity index (χ3n) is 2.90. The molecule has 2 amide bonds. The molecule has 22 heavy (non-hydrogen) atoms. The Balaban J connectivity index is 1.77. The number of carbonyl (C=O) groups is 1. The van der Waals surface area contributed by atoms with Crippen LogP contribution in [-0.2, 0) is 6.54 Å². The lowest BCUT2D eigenvalue weighted by molar-refractivity contribution is 0.194. The molecule has 0 radical (unpaired) electrons. The molecule has 0 aliphatic carbocycles. The van der Waals surface area contributed by atoms with Gasteiger partial charge in [-0.05, 0) is 19.1 Å². The maximum absolute atomic E-state index is 13.4. The van der Waals surface area contributed by atoms with E-state index in [1.807, 2.05) is 5.38 Å². The van der Waals surface area contributed by atoms with Crippen molar-refractivity contribution in [1.29, 1.82) is 0 Å². The van der Waals surface area contributed by atoms with Crippen LogP contribution in [0.2, 0.25) is 0 Å². The van der Waals surface area contributed by atoms with Crippen molar-refractivity contribution in [2.75, 3.05) is 13.7 Å². The van der Waals surface area contributed by atoms with Gasteiger partial charge in [0.15, 0.2) is 11.6 Å². The fourth-order valence-corrected chi connectivity index (χ4v) is 2.41. The largest absolute Gasteiger partial charge is 0.488 e. The molecule has 1 aromatic heterocycles. The molecule has 1 unspecified atom stereocenters. The van der Waals surface area contributed by atoms with Crippen molar-refractivity contribution in [3.05, 3.63) is 46.7 Å². The number of carbonyl (C=O) groups excluding carboxylic acids is 1. The first-order chi connectivity index (χ1) is 10.6. The van der Waals surface area contributed by atoms with Gasteiger partial charge in [-0.25, -0.2) is 14.2 Å². The third-order valence-corrected chi connectivity index (χ3v) is 3.66. The van der Waals surface area contributed by atoms with Gasteiger partial charge in [-0.15, -0.1) is 11.3 Å². The molecule has 1 aromatic carbocycles. The summed E-state index contributed by atoms with van der Waals surface area (Å²) < 4.78 is 18.8. The number of para-hydroxylation sites is 1. The first kappa shape index (κ1) is 16.2. The molecule has 1 atom stereocenters. The number of benzene rings is 1. The number of aromatic nitrogens is 1. The number of nitrogens with one attached hydrogen (secondary N) is 1. The Labute approximate surface area is 132 Å². The smallest absolute Gasteiger partial charge is 0.317 e. The Kier molecular flexibility index (Phi) is 5.71. The number of nitrogens with zero attached hydrogens (tertiary/aromatic N) is 2. The Morgan fingerprint density at radius 1 is 1.50 bits per heavy atom. The summed E-state index contributed by atoms with van der Waals surface area (Å²) in [4.78, 5) is 17.7. The minimum Gasteiger partial charge on any atom is -0.488 e. The highest BCUT2D eigenvalue weighted by molar-refractivity contribution is 7.09. The monoisotopic (exact) mass is 323 g/mol. The van der Waals surface area contributed by atoms with Gasteiger partial charge >= 0.3 is 6.03 Å². The number of rotatable bonds is 6. The van der Waals surface area contributed by atoms with E-state index in [2.05, 4.69) is 10.3 Å². The summed E-state index contributed by atoms with van der Waals surface area (Å²) in [5, 5.41) is 5.53. The highest BCUT2D eigenvalue weighted by atomic mass is 32.1. The van der Waals surface area contributed by atoms with Crippen molar-refractivity contribution in [2.24, 2.45) is 0 Å². The average Bonchev–Trinajstić information content (AvgIpc) is 2.99. The standard InChI is InChI=1S/C15H18FN3O2S/c1-11(10-21-13-6-4-3-5-12(13)16)18-15(20)19(2)9-14-17-7-8-22-14/h3-8,11H,9-10H2,1-2H3,(H,18,20). The summed E-state index contributed by atoms with van der Waals surface area (Å²) >= 11 is 1.50. The number of thiazole rings is 1. The Bertz CT molecular complexity index is 607. The van der Waals surface area contributed by atoms with E-state index in [0.717, 1.165) is 5.01 Å². The maximum atomic E-state index is 13.4. The summed E-state index contributed by atoms with van der Waals surface area (Å²) in [5.74, 6) is -0.235. The third kappa shape index (κ3) is 4.70. The zero-order valence-corrected chi connectivity index (χ0v) is 13.3. The van der Waals surface area contributed by atoms with Crippen molar-refractivity contribution >= 4 is 17.4 Å². The van der Waals surface area contributed by atoms with Gasteiger partial charge in [0.25, 0.3) is 0 Å². The summed E-state index contributed by atoms with van der Waals surface area (Å²) in [7, 11) is 1.70. The number of hydrogen-bond acceptors (Lipinski definition) is 4. The van der Waals surface area contributed by atoms with E-state index in [-0.39, 0.29) is 24.4 Å². The zero-order valence-electron chi connectivity index (χ0n) is 12.5. The normalized spacial score (nSPS) is 11.8. The van der Waals surface area contributed by atoms with Crippen LogP contribution < -0.4 is 10.1 Å². The summed E-state index contributed by atoms with van der Waals surface area (Å²) in [6, 6.07) is 5.72. The second-order valence-corrected chi connectivity index (χ2v) is 5.85. The number of halogens is 1. The molecule has 0 fully saturated rings. The molecule has 2 aromatic rings. The fourth-order valence-electron chi connectivity index (χ4n) is 1.74.